The van der Waals surface area contributed by atoms with Gasteiger partial charge in [0.25, 0.3) is 0 Å². The van der Waals surface area contributed by atoms with Crippen LogP contribution in [0.25, 0.3) is 0 Å². The summed E-state index contributed by atoms with van der Waals surface area (Å²) >= 11 is 5.53. The van der Waals surface area contributed by atoms with Crippen molar-refractivity contribution in [3.05, 3.63) is 0 Å². The van der Waals surface area contributed by atoms with Crippen LogP contribution in [0.3, 0.4) is 0 Å². The highest BCUT2D eigenvalue weighted by Gasteiger charge is 2.31. The molecule has 3 nitrogen and oxygen atoms in total. The van der Waals surface area contributed by atoms with Crippen LogP contribution in [0, 0.1) is 0 Å². The number of hydrogen-bond acceptors (Lipinski definition) is 2. The van der Waals surface area contributed by atoms with Gasteiger partial charge in [-0.3, -0.25) is 4.90 Å². The van der Waals surface area contributed by atoms with Crippen molar-refractivity contribution in [3.8, 4) is 0 Å². The van der Waals surface area contributed by atoms with E-state index in [9.17, 15) is 0 Å². The van der Waals surface area contributed by atoms with Gasteiger partial charge in [-0.1, -0.05) is 12.8 Å². The minimum atomic E-state index is 0.656. The SMILES string of the molecule is S=C(NC1CCCC1)N1CCN(C2CC2)CC1. The Kier molecular flexibility index (Phi) is 3.52. The van der Waals surface area contributed by atoms with Crippen molar-refractivity contribution in [2.75, 3.05) is 26.2 Å². The molecule has 0 radical (unpaired) electrons. The van der Waals surface area contributed by atoms with E-state index in [0.717, 1.165) is 24.2 Å². The van der Waals surface area contributed by atoms with E-state index in [-0.39, 0.29) is 0 Å². The summed E-state index contributed by atoms with van der Waals surface area (Å²) in [5.74, 6) is 0. The van der Waals surface area contributed by atoms with Gasteiger partial charge < -0.3 is 10.2 Å². The van der Waals surface area contributed by atoms with Gasteiger partial charge >= 0.3 is 0 Å². The predicted molar refractivity (Wildman–Crippen MR) is 74.2 cm³/mol. The van der Waals surface area contributed by atoms with Gasteiger partial charge in [-0.25, -0.2) is 0 Å². The number of hydrogen-bond donors (Lipinski definition) is 1. The van der Waals surface area contributed by atoms with Gasteiger partial charge in [-0.2, -0.15) is 0 Å². The fraction of sp³-hybridized carbons (Fsp3) is 0.923. The van der Waals surface area contributed by atoms with E-state index < -0.39 is 0 Å². The van der Waals surface area contributed by atoms with Crippen LogP contribution >= 0.6 is 12.2 Å². The second-order valence-corrected chi connectivity index (χ2v) is 6.07. The first kappa shape index (κ1) is 11.7. The van der Waals surface area contributed by atoms with Gasteiger partial charge in [0.05, 0.1) is 0 Å². The zero-order chi connectivity index (χ0) is 11.7. The summed E-state index contributed by atoms with van der Waals surface area (Å²) in [5, 5.41) is 4.55. The molecule has 0 aromatic rings. The minimum absolute atomic E-state index is 0.656. The quantitative estimate of drug-likeness (QED) is 0.753. The summed E-state index contributed by atoms with van der Waals surface area (Å²) in [6.07, 6.45) is 8.20. The molecule has 3 fully saturated rings. The monoisotopic (exact) mass is 253 g/mol. The Morgan fingerprint density at radius 1 is 0.941 bits per heavy atom. The smallest absolute Gasteiger partial charge is 0.169 e. The van der Waals surface area contributed by atoms with E-state index in [4.69, 9.17) is 12.2 Å². The molecular weight excluding hydrogens is 230 g/mol. The zero-order valence-corrected chi connectivity index (χ0v) is 11.3. The largest absolute Gasteiger partial charge is 0.360 e. The summed E-state index contributed by atoms with van der Waals surface area (Å²) in [6.45, 7) is 4.65. The van der Waals surface area contributed by atoms with Crippen LogP contribution in [0.4, 0.5) is 0 Å². The van der Waals surface area contributed by atoms with Gasteiger partial charge in [0.2, 0.25) is 0 Å². The van der Waals surface area contributed by atoms with E-state index >= 15 is 0 Å². The molecule has 17 heavy (non-hydrogen) atoms. The summed E-state index contributed by atoms with van der Waals surface area (Å²) in [6, 6.07) is 1.57. The minimum Gasteiger partial charge on any atom is -0.360 e. The zero-order valence-electron chi connectivity index (χ0n) is 10.5. The molecule has 3 aliphatic rings. The maximum atomic E-state index is 5.53. The Labute approximate surface area is 110 Å². The third-order valence-corrected chi connectivity index (χ3v) is 4.72. The highest BCUT2D eigenvalue weighted by atomic mass is 32.1. The molecule has 0 spiro atoms. The summed E-state index contributed by atoms with van der Waals surface area (Å²) in [4.78, 5) is 5.00. The Balaban J connectivity index is 1.43. The second kappa shape index (κ2) is 5.11. The highest BCUT2D eigenvalue weighted by molar-refractivity contribution is 7.80. The number of rotatable bonds is 2. The molecule has 2 aliphatic carbocycles. The normalized spacial score (nSPS) is 27.4. The summed E-state index contributed by atoms with van der Waals surface area (Å²) in [7, 11) is 0. The lowest BCUT2D eigenvalue weighted by molar-refractivity contribution is 0.173. The van der Waals surface area contributed by atoms with Crippen molar-refractivity contribution in [1.29, 1.82) is 0 Å². The molecule has 0 aromatic carbocycles. The van der Waals surface area contributed by atoms with Crippen LogP contribution in [-0.2, 0) is 0 Å². The first-order chi connectivity index (χ1) is 8.33. The topological polar surface area (TPSA) is 18.5 Å². The molecule has 1 heterocycles. The maximum absolute atomic E-state index is 5.53. The number of nitrogens with zero attached hydrogens (tertiary/aromatic N) is 2. The fourth-order valence-corrected chi connectivity index (χ4v) is 3.42. The molecule has 1 N–H and O–H groups in total. The third kappa shape index (κ3) is 2.91. The lowest BCUT2D eigenvalue weighted by Gasteiger charge is -2.37. The lowest BCUT2D eigenvalue weighted by atomic mass is 10.2. The van der Waals surface area contributed by atoms with E-state index in [0.29, 0.717) is 6.04 Å². The summed E-state index contributed by atoms with van der Waals surface area (Å²) in [5.41, 5.74) is 0. The van der Waals surface area contributed by atoms with Crippen molar-refractivity contribution >= 4 is 17.3 Å². The molecule has 1 saturated heterocycles. The Bertz CT molecular complexity index is 276. The lowest BCUT2D eigenvalue weighted by Crippen LogP contribution is -2.53. The molecule has 0 bridgehead atoms. The highest BCUT2D eigenvalue weighted by Crippen LogP contribution is 2.27. The Morgan fingerprint density at radius 3 is 2.18 bits per heavy atom. The number of piperazine rings is 1. The predicted octanol–water partition coefficient (Wildman–Crippen LogP) is 1.58. The van der Waals surface area contributed by atoms with Gasteiger partial charge in [-0.05, 0) is 37.9 Å². The first-order valence-electron chi connectivity index (χ1n) is 7.12. The van der Waals surface area contributed by atoms with Crippen LogP contribution < -0.4 is 5.32 Å². The fourth-order valence-electron chi connectivity index (χ4n) is 3.07. The summed E-state index contributed by atoms with van der Waals surface area (Å²) < 4.78 is 0. The molecule has 1 aliphatic heterocycles. The van der Waals surface area contributed by atoms with E-state index in [1.54, 1.807) is 0 Å². The van der Waals surface area contributed by atoms with Crippen LogP contribution in [0.5, 0.6) is 0 Å². The van der Waals surface area contributed by atoms with Gasteiger partial charge in [0, 0.05) is 38.3 Å². The average Bonchev–Trinajstić information content (AvgIpc) is 3.09. The second-order valence-electron chi connectivity index (χ2n) is 5.69. The standard InChI is InChI=1S/C13H23N3S/c17-13(14-11-3-1-2-4-11)16-9-7-15(8-10-16)12-5-6-12/h11-12H,1-10H2,(H,14,17). The van der Waals surface area contributed by atoms with Crippen molar-refractivity contribution in [3.63, 3.8) is 0 Å². The van der Waals surface area contributed by atoms with Crippen molar-refractivity contribution < 1.29 is 0 Å². The van der Waals surface area contributed by atoms with E-state index in [2.05, 4.69) is 15.1 Å². The Hall–Kier alpha value is -0.350. The average molecular weight is 253 g/mol. The molecule has 96 valence electrons. The molecule has 2 saturated carbocycles. The molecule has 4 heteroatoms. The third-order valence-electron chi connectivity index (χ3n) is 4.35. The van der Waals surface area contributed by atoms with Crippen LogP contribution in [0.2, 0.25) is 0 Å². The van der Waals surface area contributed by atoms with Crippen LogP contribution in [0.15, 0.2) is 0 Å². The molecule has 3 rings (SSSR count). The number of thiocarbonyl (C=S) groups is 1. The van der Waals surface area contributed by atoms with Gasteiger partial charge in [0.1, 0.15) is 0 Å². The molecule has 0 atom stereocenters. The molecule has 0 amide bonds. The van der Waals surface area contributed by atoms with Crippen molar-refractivity contribution in [2.45, 2.75) is 50.6 Å². The van der Waals surface area contributed by atoms with E-state index in [1.165, 1.54) is 51.6 Å². The Morgan fingerprint density at radius 2 is 1.59 bits per heavy atom. The van der Waals surface area contributed by atoms with Gasteiger partial charge in [0.15, 0.2) is 5.11 Å². The van der Waals surface area contributed by atoms with E-state index in [1.807, 2.05) is 0 Å². The van der Waals surface area contributed by atoms with Gasteiger partial charge in [-0.15, -0.1) is 0 Å². The first-order valence-corrected chi connectivity index (χ1v) is 7.53. The van der Waals surface area contributed by atoms with Crippen LogP contribution in [0.1, 0.15) is 38.5 Å². The van der Waals surface area contributed by atoms with Crippen LogP contribution in [-0.4, -0.2) is 53.2 Å². The maximum Gasteiger partial charge on any atom is 0.169 e. The number of nitrogens with one attached hydrogen (secondary N) is 1. The molecular formula is C13H23N3S. The molecule has 0 unspecified atom stereocenters. The van der Waals surface area contributed by atoms with Crippen molar-refractivity contribution in [1.82, 2.24) is 15.1 Å². The molecule has 0 aromatic heterocycles. The van der Waals surface area contributed by atoms with Crippen molar-refractivity contribution in [2.24, 2.45) is 0 Å².